The van der Waals surface area contributed by atoms with Crippen LogP contribution in [0, 0.1) is 6.92 Å². The third-order valence-corrected chi connectivity index (χ3v) is 2.52. The standard InChI is InChI=1S/C9H9ClF3NO/c1-5-3-6(4-14-7(5)10)8(2,15)9(11,12)13/h3-4,15H,1-2H3. The van der Waals surface area contributed by atoms with Crippen LogP contribution in [0.25, 0.3) is 0 Å². The monoisotopic (exact) mass is 239 g/mol. The molecule has 0 amide bonds. The van der Waals surface area contributed by atoms with Crippen molar-refractivity contribution in [1.29, 1.82) is 0 Å². The number of halogens is 4. The van der Waals surface area contributed by atoms with Gasteiger partial charge in [-0.25, -0.2) is 4.98 Å². The lowest BCUT2D eigenvalue weighted by Crippen LogP contribution is -2.39. The highest BCUT2D eigenvalue weighted by Gasteiger charge is 2.51. The Balaban J connectivity index is 3.22. The van der Waals surface area contributed by atoms with Crippen LogP contribution in [0.1, 0.15) is 18.1 Å². The van der Waals surface area contributed by atoms with E-state index in [9.17, 15) is 18.3 Å². The van der Waals surface area contributed by atoms with Crippen molar-refractivity contribution < 1.29 is 18.3 Å². The van der Waals surface area contributed by atoms with Gasteiger partial charge in [-0.05, 0) is 25.5 Å². The molecule has 0 aliphatic heterocycles. The van der Waals surface area contributed by atoms with E-state index in [1.165, 1.54) is 13.0 Å². The van der Waals surface area contributed by atoms with Crippen LogP contribution in [0.3, 0.4) is 0 Å². The van der Waals surface area contributed by atoms with Crippen LogP contribution in [0.5, 0.6) is 0 Å². The second-order valence-corrected chi connectivity index (χ2v) is 3.76. The molecule has 0 fully saturated rings. The lowest BCUT2D eigenvalue weighted by atomic mass is 9.96. The van der Waals surface area contributed by atoms with Crippen molar-refractivity contribution in [3.63, 3.8) is 0 Å². The predicted octanol–water partition coefficient (Wildman–Crippen LogP) is 2.81. The first-order valence-corrected chi connectivity index (χ1v) is 4.46. The first-order chi connectivity index (χ1) is 6.66. The first-order valence-electron chi connectivity index (χ1n) is 4.08. The number of hydrogen-bond acceptors (Lipinski definition) is 2. The maximum absolute atomic E-state index is 12.4. The van der Waals surface area contributed by atoms with Gasteiger partial charge < -0.3 is 5.11 Å². The molecule has 1 rings (SSSR count). The van der Waals surface area contributed by atoms with E-state index in [0.29, 0.717) is 12.5 Å². The van der Waals surface area contributed by atoms with Crippen molar-refractivity contribution in [1.82, 2.24) is 4.98 Å². The molecule has 1 heterocycles. The van der Waals surface area contributed by atoms with Gasteiger partial charge in [0.25, 0.3) is 0 Å². The highest BCUT2D eigenvalue weighted by molar-refractivity contribution is 6.30. The van der Waals surface area contributed by atoms with Crippen molar-refractivity contribution in [2.45, 2.75) is 25.6 Å². The van der Waals surface area contributed by atoms with Crippen molar-refractivity contribution in [2.75, 3.05) is 0 Å². The summed E-state index contributed by atoms with van der Waals surface area (Å²) >= 11 is 5.57. The molecule has 0 aromatic carbocycles. The van der Waals surface area contributed by atoms with Gasteiger partial charge in [-0.3, -0.25) is 0 Å². The van der Waals surface area contributed by atoms with Gasteiger partial charge in [-0.1, -0.05) is 11.6 Å². The molecule has 1 aromatic rings. The van der Waals surface area contributed by atoms with Crippen LogP contribution in [0.4, 0.5) is 13.2 Å². The molecule has 0 saturated carbocycles. The third-order valence-electron chi connectivity index (χ3n) is 2.13. The SMILES string of the molecule is Cc1cc(C(C)(O)C(F)(F)F)cnc1Cl. The number of aryl methyl sites for hydroxylation is 1. The molecular formula is C9H9ClF3NO. The molecule has 1 atom stereocenters. The summed E-state index contributed by atoms with van der Waals surface area (Å²) in [6.07, 6.45) is -3.82. The molecule has 0 aliphatic carbocycles. The average Bonchev–Trinajstić information content (AvgIpc) is 2.07. The van der Waals surface area contributed by atoms with Crippen LogP contribution in [-0.4, -0.2) is 16.3 Å². The summed E-state index contributed by atoms with van der Waals surface area (Å²) in [6, 6.07) is 1.17. The lowest BCUT2D eigenvalue weighted by Gasteiger charge is -2.26. The minimum atomic E-state index is -4.74. The summed E-state index contributed by atoms with van der Waals surface area (Å²) < 4.78 is 37.3. The zero-order chi connectivity index (χ0) is 11.9. The quantitative estimate of drug-likeness (QED) is 0.765. The van der Waals surface area contributed by atoms with E-state index < -0.39 is 11.8 Å². The molecule has 6 heteroatoms. The van der Waals surface area contributed by atoms with Crippen LogP contribution in [-0.2, 0) is 5.60 Å². The van der Waals surface area contributed by atoms with Crippen molar-refractivity contribution in [3.8, 4) is 0 Å². The molecular weight excluding hydrogens is 231 g/mol. The van der Waals surface area contributed by atoms with Gasteiger partial charge in [0.05, 0.1) is 0 Å². The van der Waals surface area contributed by atoms with Gasteiger partial charge in [0.1, 0.15) is 5.15 Å². The second kappa shape index (κ2) is 3.64. The van der Waals surface area contributed by atoms with E-state index >= 15 is 0 Å². The molecule has 0 bridgehead atoms. The maximum atomic E-state index is 12.4. The number of alkyl halides is 3. The number of pyridine rings is 1. The minimum Gasteiger partial charge on any atom is -0.376 e. The Kier molecular flexibility index (Phi) is 2.98. The van der Waals surface area contributed by atoms with Crippen molar-refractivity contribution in [2.24, 2.45) is 0 Å². The Labute approximate surface area is 89.7 Å². The highest BCUT2D eigenvalue weighted by atomic mass is 35.5. The fourth-order valence-corrected chi connectivity index (χ4v) is 1.09. The molecule has 84 valence electrons. The Morgan fingerprint density at radius 2 is 1.93 bits per heavy atom. The van der Waals surface area contributed by atoms with Crippen LogP contribution in [0.15, 0.2) is 12.3 Å². The molecule has 0 aliphatic rings. The van der Waals surface area contributed by atoms with Crippen molar-refractivity contribution >= 4 is 11.6 Å². The summed E-state index contributed by atoms with van der Waals surface area (Å²) in [5, 5.41) is 9.45. The normalized spacial score (nSPS) is 16.2. The molecule has 0 radical (unpaired) electrons. The second-order valence-electron chi connectivity index (χ2n) is 3.40. The average molecular weight is 240 g/mol. The van der Waals surface area contributed by atoms with Crippen molar-refractivity contribution in [3.05, 3.63) is 28.5 Å². The number of nitrogens with zero attached hydrogens (tertiary/aromatic N) is 1. The van der Waals surface area contributed by atoms with Gasteiger partial charge >= 0.3 is 6.18 Å². The van der Waals surface area contributed by atoms with E-state index in [1.807, 2.05) is 0 Å². The van der Waals surface area contributed by atoms with E-state index in [-0.39, 0.29) is 10.7 Å². The molecule has 15 heavy (non-hydrogen) atoms. The van der Waals surface area contributed by atoms with E-state index in [4.69, 9.17) is 11.6 Å². The van der Waals surface area contributed by atoms with Crippen LogP contribution >= 0.6 is 11.6 Å². The van der Waals surface area contributed by atoms with E-state index in [1.54, 1.807) is 0 Å². The Bertz CT molecular complexity index is 376. The summed E-state index contributed by atoms with van der Waals surface area (Å²) in [7, 11) is 0. The fraction of sp³-hybridized carbons (Fsp3) is 0.444. The Morgan fingerprint density at radius 1 is 1.40 bits per heavy atom. The van der Waals surface area contributed by atoms with Crippen LogP contribution < -0.4 is 0 Å². The fourth-order valence-electron chi connectivity index (χ4n) is 0.988. The van der Waals surface area contributed by atoms with Crippen LogP contribution in [0.2, 0.25) is 5.15 Å². The van der Waals surface area contributed by atoms with E-state index in [0.717, 1.165) is 6.20 Å². The first kappa shape index (κ1) is 12.3. The minimum absolute atomic E-state index is 0.122. The molecule has 2 nitrogen and oxygen atoms in total. The molecule has 1 unspecified atom stereocenters. The lowest BCUT2D eigenvalue weighted by molar-refractivity contribution is -0.259. The highest BCUT2D eigenvalue weighted by Crippen LogP contribution is 2.38. The number of aromatic nitrogens is 1. The summed E-state index contributed by atoms with van der Waals surface area (Å²) in [5.74, 6) is 0. The molecule has 0 saturated heterocycles. The predicted molar refractivity (Wildman–Crippen MR) is 49.6 cm³/mol. The Hall–Kier alpha value is -0.810. The number of rotatable bonds is 1. The number of aliphatic hydroxyl groups is 1. The maximum Gasteiger partial charge on any atom is 0.421 e. The molecule has 1 N–H and O–H groups in total. The Morgan fingerprint density at radius 3 is 2.33 bits per heavy atom. The summed E-state index contributed by atoms with van der Waals surface area (Å²) in [6.45, 7) is 2.20. The van der Waals surface area contributed by atoms with Gasteiger partial charge in [-0.2, -0.15) is 13.2 Å². The van der Waals surface area contributed by atoms with Gasteiger partial charge in [0.2, 0.25) is 0 Å². The smallest absolute Gasteiger partial charge is 0.376 e. The van der Waals surface area contributed by atoms with E-state index in [2.05, 4.69) is 4.98 Å². The molecule has 0 spiro atoms. The third kappa shape index (κ3) is 2.23. The van der Waals surface area contributed by atoms with Gasteiger partial charge in [0.15, 0.2) is 5.60 Å². The zero-order valence-electron chi connectivity index (χ0n) is 8.06. The largest absolute Gasteiger partial charge is 0.421 e. The topological polar surface area (TPSA) is 33.1 Å². The molecule has 1 aromatic heterocycles. The summed E-state index contributed by atoms with van der Waals surface area (Å²) in [4.78, 5) is 3.56. The zero-order valence-corrected chi connectivity index (χ0v) is 8.82. The number of hydrogen-bond donors (Lipinski definition) is 1. The van der Waals surface area contributed by atoms with Gasteiger partial charge in [0, 0.05) is 11.8 Å². The summed E-state index contributed by atoms with van der Waals surface area (Å²) in [5.41, 5.74) is -2.84. The van der Waals surface area contributed by atoms with Gasteiger partial charge in [-0.15, -0.1) is 0 Å².